The molecule has 0 nitrogen and oxygen atoms in total. The Balaban J connectivity index is -0.00000000500. The predicted octanol–water partition coefficient (Wildman–Crippen LogP) is -1.75. The van der Waals surface area contributed by atoms with E-state index in [2.05, 4.69) is 39.0 Å². The van der Waals surface area contributed by atoms with Gasteiger partial charge >= 0.3 is 35.9 Å². The summed E-state index contributed by atoms with van der Waals surface area (Å²) >= 11 is 7.75. The molecule has 0 bridgehead atoms. The van der Waals surface area contributed by atoms with Crippen molar-refractivity contribution in [2.75, 3.05) is 0 Å². The normalized spacial score (nSPS) is 2.25. The van der Waals surface area contributed by atoms with Crippen molar-refractivity contribution in [1.29, 1.82) is 0 Å². The maximum atomic E-state index is 9.08. The minimum Gasteiger partial charge on any atom is -0.572 e. The summed E-state index contributed by atoms with van der Waals surface area (Å²) in [6.45, 7) is 0. The van der Waals surface area contributed by atoms with Crippen LogP contribution in [-0.4, -0.2) is 0 Å². The quantitative estimate of drug-likeness (QED) is 0.353. The summed E-state index contributed by atoms with van der Waals surface area (Å²) in [7, 11) is 0. The zero-order chi connectivity index (χ0) is 6.00. The summed E-state index contributed by atoms with van der Waals surface area (Å²) in [6, 6.07) is 0. The van der Waals surface area contributed by atoms with E-state index >= 15 is 0 Å². The van der Waals surface area contributed by atoms with Gasteiger partial charge in [-0.05, 0) is 0 Å². The Kier molecular flexibility index (Phi) is 602. The van der Waals surface area contributed by atoms with Gasteiger partial charge in [0, 0.05) is 0 Å². The molecule has 0 aliphatic heterocycles. The predicted molar refractivity (Wildman–Crippen MR) is 25.4 cm³/mol. The molecule has 0 atom stereocenters. The van der Waals surface area contributed by atoms with Crippen molar-refractivity contribution in [3.63, 3.8) is 0 Å². The zero-order valence-electron chi connectivity index (χ0n) is 3.66. The molecular formula is CuF3LiS3. The van der Waals surface area contributed by atoms with E-state index in [0.717, 1.165) is 0 Å². The fourth-order valence-electron chi connectivity index (χ4n) is 0. The van der Waals surface area contributed by atoms with Crippen LogP contribution in [0.1, 0.15) is 0 Å². The standard InChI is InChI=1S/Cu.3FS.Li/c;3*1-2;/q+2;3*-1;+1. The molecule has 0 rings (SSSR count). The second-order valence-corrected chi connectivity index (χ2v) is 0. The zero-order valence-corrected chi connectivity index (χ0v) is 7.05. The van der Waals surface area contributed by atoms with Crippen LogP contribution in [0.3, 0.4) is 0 Å². The van der Waals surface area contributed by atoms with E-state index in [1.807, 2.05) is 0 Å². The van der Waals surface area contributed by atoms with Gasteiger partial charge in [-0.1, -0.05) is 0 Å². The van der Waals surface area contributed by atoms with E-state index in [9.17, 15) is 0 Å². The van der Waals surface area contributed by atoms with Crippen molar-refractivity contribution < 1.29 is 47.6 Å². The third-order valence-corrected chi connectivity index (χ3v) is 0. The average molecular weight is 224 g/mol. The Bertz CT molecular complexity index is 14.5. The summed E-state index contributed by atoms with van der Waals surface area (Å²) in [5, 5.41) is 0. The monoisotopic (exact) mass is 223 g/mol. The molecule has 0 N–H and O–H groups in total. The Hall–Kier alpha value is 1.96. The van der Waals surface area contributed by atoms with E-state index in [4.69, 9.17) is 11.7 Å². The fraction of sp³-hybridized carbons (Fsp3) is 0. The van der Waals surface area contributed by atoms with Gasteiger partial charge in [-0.25, -0.2) is 0 Å². The van der Waals surface area contributed by atoms with Crippen LogP contribution >= 0.6 is 0 Å². The molecule has 1 radical (unpaired) electrons. The van der Waals surface area contributed by atoms with E-state index in [1.165, 1.54) is 0 Å². The molecule has 0 unspecified atom stereocenters. The van der Waals surface area contributed by atoms with Gasteiger partial charge in [-0.15, -0.1) is 0 Å². The van der Waals surface area contributed by atoms with Crippen LogP contribution in [0, 0.1) is 0 Å². The average Bonchev–Trinajstić information content (AvgIpc) is 1.81. The van der Waals surface area contributed by atoms with Crippen LogP contribution in [0.5, 0.6) is 0 Å². The van der Waals surface area contributed by atoms with Crippen LogP contribution < -0.4 is 18.9 Å². The second kappa shape index (κ2) is 148. The molecule has 0 spiro atoms. The first-order valence-electron chi connectivity index (χ1n) is 0.463. The Morgan fingerprint density at radius 1 is 0.625 bits per heavy atom. The molecule has 8 heteroatoms. The molecule has 0 saturated heterocycles. The SMILES string of the molecule is F[S-].F[S-].F[S-].[Cu+2].[Li+]. The van der Waals surface area contributed by atoms with Gasteiger partial charge in [0.15, 0.2) is 0 Å². The minimum atomic E-state index is 0. The van der Waals surface area contributed by atoms with Gasteiger partial charge in [0.2, 0.25) is 0 Å². The van der Waals surface area contributed by atoms with E-state index in [1.54, 1.807) is 0 Å². The van der Waals surface area contributed by atoms with Crippen LogP contribution in [0.4, 0.5) is 11.7 Å². The summed E-state index contributed by atoms with van der Waals surface area (Å²) in [5.74, 6) is 0. The van der Waals surface area contributed by atoms with E-state index in [0.29, 0.717) is 0 Å². The maximum Gasteiger partial charge on any atom is 2.00 e. The Morgan fingerprint density at radius 2 is 0.625 bits per heavy atom. The van der Waals surface area contributed by atoms with Gasteiger partial charge in [-0.2, -0.15) is 0 Å². The van der Waals surface area contributed by atoms with E-state index in [-0.39, 0.29) is 35.9 Å². The number of halogens is 3. The molecule has 8 heavy (non-hydrogen) atoms. The molecule has 0 saturated carbocycles. The van der Waals surface area contributed by atoms with Gasteiger partial charge in [0.25, 0.3) is 0 Å². The van der Waals surface area contributed by atoms with Gasteiger partial charge in [0.05, 0.1) is 0 Å². The molecule has 0 fully saturated rings. The molecule has 0 aromatic rings. The largest absolute Gasteiger partial charge is 2.00 e. The van der Waals surface area contributed by atoms with Gasteiger partial charge in [-0.3, -0.25) is 0 Å². The van der Waals surface area contributed by atoms with Gasteiger partial charge < -0.3 is 50.7 Å². The van der Waals surface area contributed by atoms with Crippen molar-refractivity contribution in [3.8, 4) is 0 Å². The smallest absolute Gasteiger partial charge is 0.572 e. The third kappa shape index (κ3) is 101. The summed E-state index contributed by atoms with van der Waals surface area (Å²) in [5.41, 5.74) is 0. The van der Waals surface area contributed by atoms with Crippen LogP contribution in [0.2, 0.25) is 0 Å². The fourth-order valence-corrected chi connectivity index (χ4v) is 0. The van der Waals surface area contributed by atoms with Crippen molar-refractivity contribution in [3.05, 3.63) is 0 Å². The van der Waals surface area contributed by atoms with Crippen LogP contribution in [-0.2, 0) is 56.1 Å². The van der Waals surface area contributed by atoms with E-state index < -0.39 is 0 Å². The molecular weight excluding hydrogens is 224 g/mol. The molecule has 0 heterocycles. The topological polar surface area (TPSA) is 0 Å². The third-order valence-electron chi connectivity index (χ3n) is 0. The first-order valence-corrected chi connectivity index (χ1v) is 1.39. The molecule has 0 aliphatic rings. The minimum absolute atomic E-state index is 0. The molecule has 0 aromatic heterocycles. The van der Waals surface area contributed by atoms with Crippen molar-refractivity contribution >= 4 is 39.0 Å². The first-order chi connectivity index (χ1) is 3.00. The second-order valence-electron chi connectivity index (χ2n) is 0. The van der Waals surface area contributed by atoms with Crippen LogP contribution in [0.25, 0.3) is 0 Å². The van der Waals surface area contributed by atoms with Crippen LogP contribution in [0.15, 0.2) is 0 Å². The Morgan fingerprint density at radius 3 is 0.625 bits per heavy atom. The first kappa shape index (κ1) is 32.5. The van der Waals surface area contributed by atoms with Crippen molar-refractivity contribution in [2.24, 2.45) is 0 Å². The number of hydrogen-bond donors (Lipinski definition) is 0. The summed E-state index contributed by atoms with van der Waals surface area (Å²) in [4.78, 5) is 0. The van der Waals surface area contributed by atoms with Gasteiger partial charge in [0.1, 0.15) is 0 Å². The van der Waals surface area contributed by atoms with Crippen molar-refractivity contribution in [2.45, 2.75) is 0 Å². The maximum absolute atomic E-state index is 9.08. The molecule has 0 aliphatic carbocycles. The summed E-state index contributed by atoms with van der Waals surface area (Å²) in [6.07, 6.45) is 0. The number of rotatable bonds is 0. The molecule has 0 amide bonds. The molecule has 51 valence electrons. The summed E-state index contributed by atoms with van der Waals surface area (Å²) < 4.78 is 27.2. The van der Waals surface area contributed by atoms with Crippen molar-refractivity contribution in [1.82, 2.24) is 0 Å². The Labute approximate surface area is 86.1 Å². The molecule has 0 aromatic carbocycles. The number of hydrogen-bond acceptors (Lipinski definition) is 3.